The maximum atomic E-state index is 12.0. The monoisotopic (exact) mass is 319 g/mol. The van der Waals surface area contributed by atoms with E-state index in [1.807, 2.05) is 18.2 Å². The van der Waals surface area contributed by atoms with Gasteiger partial charge in [-0.3, -0.25) is 9.79 Å². The van der Waals surface area contributed by atoms with Crippen molar-refractivity contribution in [3.05, 3.63) is 51.0 Å². The smallest absolute Gasteiger partial charge is 0.258 e. The fourth-order valence-electron chi connectivity index (χ4n) is 1.95. The largest absolute Gasteiger partial charge is 0.404 e. The molecule has 0 bridgehead atoms. The SMILES string of the molecule is CN=CC(=CN)c1ccc2c(=O)n(C)cc(Br)c2c1. The van der Waals surface area contributed by atoms with Crippen molar-refractivity contribution in [2.45, 2.75) is 0 Å². The first-order chi connectivity index (χ1) is 9.08. The van der Waals surface area contributed by atoms with Gasteiger partial charge < -0.3 is 10.3 Å². The molecule has 0 atom stereocenters. The molecule has 19 heavy (non-hydrogen) atoms. The zero-order chi connectivity index (χ0) is 14.0. The number of nitrogens with two attached hydrogens (primary N) is 1. The number of rotatable bonds is 2. The highest BCUT2D eigenvalue weighted by Gasteiger charge is 2.07. The summed E-state index contributed by atoms with van der Waals surface area (Å²) in [4.78, 5) is 16.0. The highest BCUT2D eigenvalue weighted by atomic mass is 79.9. The molecule has 0 fully saturated rings. The first-order valence-corrected chi connectivity index (χ1v) is 6.51. The predicted molar refractivity (Wildman–Crippen MR) is 83.5 cm³/mol. The molecule has 1 heterocycles. The van der Waals surface area contributed by atoms with Crippen LogP contribution in [0, 0.1) is 0 Å². The van der Waals surface area contributed by atoms with Gasteiger partial charge in [0.05, 0.1) is 0 Å². The number of benzene rings is 1. The van der Waals surface area contributed by atoms with Gasteiger partial charge in [-0.2, -0.15) is 0 Å². The molecule has 2 N–H and O–H groups in total. The number of pyridine rings is 1. The van der Waals surface area contributed by atoms with E-state index in [0.29, 0.717) is 5.39 Å². The van der Waals surface area contributed by atoms with Crippen LogP contribution in [0.1, 0.15) is 5.56 Å². The molecule has 98 valence electrons. The Hall–Kier alpha value is -1.88. The zero-order valence-electron chi connectivity index (χ0n) is 10.7. The summed E-state index contributed by atoms with van der Waals surface area (Å²) < 4.78 is 2.43. The van der Waals surface area contributed by atoms with Gasteiger partial charge in [-0.15, -0.1) is 0 Å². The van der Waals surface area contributed by atoms with Crippen molar-refractivity contribution in [2.24, 2.45) is 17.8 Å². The van der Waals surface area contributed by atoms with Crippen molar-refractivity contribution in [1.82, 2.24) is 4.57 Å². The number of fused-ring (bicyclic) bond motifs is 1. The number of aliphatic imine (C=N–C) groups is 1. The summed E-state index contributed by atoms with van der Waals surface area (Å²) in [7, 11) is 3.42. The molecule has 0 aliphatic carbocycles. The third-order valence-corrected chi connectivity index (χ3v) is 3.55. The number of nitrogens with zero attached hydrogens (tertiary/aromatic N) is 2. The van der Waals surface area contributed by atoms with Crippen molar-refractivity contribution >= 4 is 38.5 Å². The van der Waals surface area contributed by atoms with Crippen molar-refractivity contribution in [3.8, 4) is 0 Å². The van der Waals surface area contributed by atoms with E-state index in [-0.39, 0.29) is 5.56 Å². The lowest BCUT2D eigenvalue weighted by molar-refractivity contribution is 0.869. The van der Waals surface area contributed by atoms with Crippen LogP contribution in [0.4, 0.5) is 0 Å². The van der Waals surface area contributed by atoms with Gasteiger partial charge in [0.15, 0.2) is 0 Å². The minimum Gasteiger partial charge on any atom is -0.404 e. The molecule has 5 heteroatoms. The second-order valence-corrected chi connectivity index (χ2v) is 5.02. The van der Waals surface area contributed by atoms with Crippen LogP contribution in [-0.4, -0.2) is 17.8 Å². The first-order valence-electron chi connectivity index (χ1n) is 5.71. The Kier molecular flexibility index (Phi) is 3.85. The molecule has 0 spiro atoms. The molecule has 2 rings (SSSR count). The van der Waals surface area contributed by atoms with E-state index >= 15 is 0 Å². The highest BCUT2D eigenvalue weighted by molar-refractivity contribution is 9.10. The number of hydrogen-bond donors (Lipinski definition) is 1. The maximum Gasteiger partial charge on any atom is 0.258 e. The number of hydrogen-bond acceptors (Lipinski definition) is 3. The number of aryl methyl sites for hydroxylation is 1. The Bertz CT molecular complexity index is 744. The molecule has 2 aromatic rings. The number of aromatic nitrogens is 1. The van der Waals surface area contributed by atoms with Gasteiger partial charge in [0.1, 0.15) is 0 Å². The fourth-order valence-corrected chi connectivity index (χ4v) is 2.58. The van der Waals surface area contributed by atoms with Crippen LogP contribution in [0.15, 0.2) is 44.9 Å². The van der Waals surface area contributed by atoms with E-state index in [1.54, 1.807) is 31.1 Å². The Morgan fingerprint density at radius 3 is 2.79 bits per heavy atom. The highest BCUT2D eigenvalue weighted by Crippen LogP contribution is 2.24. The molecule has 0 amide bonds. The van der Waals surface area contributed by atoms with Crippen LogP contribution in [0.25, 0.3) is 16.3 Å². The lowest BCUT2D eigenvalue weighted by Crippen LogP contribution is -2.16. The molecule has 0 aliphatic rings. The average molecular weight is 320 g/mol. The molecular weight excluding hydrogens is 306 g/mol. The van der Waals surface area contributed by atoms with Gasteiger partial charge in [-0.1, -0.05) is 6.07 Å². The van der Waals surface area contributed by atoms with Crippen LogP contribution < -0.4 is 11.3 Å². The Morgan fingerprint density at radius 2 is 2.16 bits per heavy atom. The van der Waals surface area contributed by atoms with Crippen LogP contribution in [0.2, 0.25) is 0 Å². The Balaban J connectivity index is 2.75. The molecule has 0 radical (unpaired) electrons. The summed E-state index contributed by atoms with van der Waals surface area (Å²) in [6.07, 6.45) is 4.95. The van der Waals surface area contributed by atoms with E-state index in [0.717, 1.165) is 21.0 Å². The summed E-state index contributed by atoms with van der Waals surface area (Å²) in [5, 5.41) is 1.54. The third kappa shape index (κ3) is 2.46. The van der Waals surface area contributed by atoms with E-state index < -0.39 is 0 Å². The molecule has 0 unspecified atom stereocenters. The van der Waals surface area contributed by atoms with Crippen LogP contribution in [-0.2, 0) is 7.05 Å². The predicted octanol–water partition coefficient (Wildman–Crippen LogP) is 2.30. The van der Waals surface area contributed by atoms with Gasteiger partial charge in [0.2, 0.25) is 0 Å². The van der Waals surface area contributed by atoms with Crippen molar-refractivity contribution < 1.29 is 0 Å². The van der Waals surface area contributed by atoms with Crippen molar-refractivity contribution in [1.29, 1.82) is 0 Å². The Labute approximate surface area is 119 Å². The lowest BCUT2D eigenvalue weighted by atomic mass is 10.0. The zero-order valence-corrected chi connectivity index (χ0v) is 12.3. The topological polar surface area (TPSA) is 60.4 Å². The lowest BCUT2D eigenvalue weighted by Gasteiger charge is -2.07. The van der Waals surface area contributed by atoms with Gasteiger partial charge in [-0.25, -0.2) is 0 Å². The maximum absolute atomic E-state index is 12.0. The van der Waals surface area contributed by atoms with Crippen molar-refractivity contribution in [3.63, 3.8) is 0 Å². The molecule has 0 saturated carbocycles. The molecule has 0 saturated heterocycles. The number of halogens is 1. The van der Waals surface area contributed by atoms with Crippen LogP contribution >= 0.6 is 15.9 Å². The quantitative estimate of drug-likeness (QED) is 0.863. The number of allylic oxidation sites excluding steroid dienone is 1. The Morgan fingerprint density at radius 1 is 1.42 bits per heavy atom. The van der Waals surface area contributed by atoms with E-state index in [9.17, 15) is 4.79 Å². The summed E-state index contributed by atoms with van der Waals surface area (Å²) in [6.45, 7) is 0. The average Bonchev–Trinajstić information content (AvgIpc) is 2.42. The van der Waals surface area contributed by atoms with E-state index in [1.165, 1.54) is 6.20 Å². The van der Waals surface area contributed by atoms with Crippen LogP contribution in [0.5, 0.6) is 0 Å². The van der Waals surface area contributed by atoms with Gasteiger partial charge in [0.25, 0.3) is 5.56 Å². The fraction of sp³-hybridized carbons (Fsp3) is 0.143. The normalized spacial score (nSPS) is 12.5. The van der Waals surface area contributed by atoms with Gasteiger partial charge in [-0.05, 0) is 33.6 Å². The summed E-state index contributed by atoms with van der Waals surface area (Å²) in [5.41, 5.74) is 7.32. The molecule has 1 aromatic heterocycles. The van der Waals surface area contributed by atoms with Gasteiger partial charge in [0, 0.05) is 53.5 Å². The standard InChI is InChI=1S/C14H14BrN3O/c1-17-7-10(6-16)9-3-4-11-12(5-9)13(15)8-18(2)14(11)19/h3-8H,16H2,1-2H3. The third-order valence-electron chi connectivity index (χ3n) is 2.92. The summed E-state index contributed by atoms with van der Waals surface area (Å²) in [5.74, 6) is 0. The van der Waals surface area contributed by atoms with Crippen molar-refractivity contribution in [2.75, 3.05) is 7.05 Å². The van der Waals surface area contributed by atoms with E-state index in [4.69, 9.17) is 5.73 Å². The minimum absolute atomic E-state index is 0.0211. The van der Waals surface area contributed by atoms with E-state index in [2.05, 4.69) is 20.9 Å². The summed E-state index contributed by atoms with van der Waals surface area (Å²) in [6, 6.07) is 5.61. The van der Waals surface area contributed by atoms with Crippen LogP contribution in [0.3, 0.4) is 0 Å². The second kappa shape index (κ2) is 5.40. The molecule has 1 aromatic carbocycles. The molecule has 0 aliphatic heterocycles. The molecular formula is C14H14BrN3O. The minimum atomic E-state index is -0.0211. The summed E-state index contributed by atoms with van der Waals surface area (Å²) >= 11 is 3.48. The van der Waals surface area contributed by atoms with Gasteiger partial charge >= 0.3 is 0 Å². The second-order valence-electron chi connectivity index (χ2n) is 4.16. The first kappa shape index (κ1) is 13.5. The molecule has 4 nitrogen and oxygen atoms in total.